The molecule has 0 saturated heterocycles. The second kappa shape index (κ2) is 8.37. The average Bonchev–Trinajstić information content (AvgIpc) is 2.19. The quantitative estimate of drug-likeness (QED) is 0.577. The molecule has 0 unspecified atom stereocenters. The second-order valence-electron chi connectivity index (χ2n) is 5.41. The maximum absolute atomic E-state index is 11.7. The van der Waals surface area contributed by atoms with Crippen molar-refractivity contribution in [3.63, 3.8) is 0 Å². The summed E-state index contributed by atoms with van der Waals surface area (Å²) in [7, 11) is 0. The third kappa shape index (κ3) is 9.30. The van der Waals surface area contributed by atoms with Gasteiger partial charge in [0, 0.05) is 12.2 Å². The van der Waals surface area contributed by atoms with Crippen LogP contribution in [0.4, 0.5) is 0 Å². The van der Waals surface area contributed by atoms with Gasteiger partial charge < -0.3 is 16.2 Å². The minimum atomic E-state index is -0.988. The van der Waals surface area contributed by atoms with Crippen LogP contribution in [0.1, 0.15) is 33.6 Å². The summed E-state index contributed by atoms with van der Waals surface area (Å²) in [5.74, 6) is -0.00693. The molecule has 0 spiro atoms. The Bertz CT molecular complexity index is 277. The van der Waals surface area contributed by atoms with Gasteiger partial charge in [-0.1, -0.05) is 20.8 Å². The lowest BCUT2D eigenvalue weighted by Gasteiger charge is -2.20. The summed E-state index contributed by atoms with van der Waals surface area (Å²) in [5.41, 5.74) is 5.22. The van der Waals surface area contributed by atoms with Crippen LogP contribution in [0, 0.1) is 5.41 Å². The number of carbonyl (C=O) groups is 2. The largest absolute Gasteiger partial charge is 0.480 e. The Morgan fingerprint density at radius 3 is 2.44 bits per heavy atom. The normalized spacial score (nSPS) is 13.1. The first-order chi connectivity index (χ1) is 8.26. The molecule has 106 valence electrons. The molecule has 18 heavy (non-hydrogen) atoms. The van der Waals surface area contributed by atoms with Crippen LogP contribution in [0.5, 0.6) is 0 Å². The van der Waals surface area contributed by atoms with Gasteiger partial charge in [0.25, 0.3) is 0 Å². The van der Waals surface area contributed by atoms with Gasteiger partial charge in [-0.15, -0.1) is 0 Å². The number of nitrogens with one attached hydrogen (secondary N) is 1. The molecule has 0 aliphatic heterocycles. The summed E-state index contributed by atoms with van der Waals surface area (Å²) in [4.78, 5) is 22.7. The number of carboxylic acid groups (broad SMARTS) is 1. The van der Waals surface area contributed by atoms with E-state index in [0.29, 0.717) is 18.7 Å². The van der Waals surface area contributed by atoms with Crippen molar-refractivity contribution in [1.82, 2.24) is 5.32 Å². The van der Waals surface area contributed by atoms with E-state index in [1.807, 2.05) is 20.8 Å². The molecular weight excluding hydrogens is 252 g/mol. The lowest BCUT2D eigenvalue weighted by atomic mass is 9.92. The van der Waals surface area contributed by atoms with Crippen LogP contribution in [0.3, 0.4) is 0 Å². The zero-order valence-electron chi connectivity index (χ0n) is 11.4. The topological polar surface area (TPSA) is 92.4 Å². The summed E-state index contributed by atoms with van der Waals surface area (Å²) in [6, 6.07) is -0.817. The fourth-order valence-electron chi connectivity index (χ4n) is 1.29. The Morgan fingerprint density at radius 1 is 1.39 bits per heavy atom. The Hall–Kier alpha value is -0.750. The first-order valence-electron chi connectivity index (χ1n) is 6.06. The number of thioether (sulfide) groups is 1. The van der Waals surface area contributed by atoms with Crippen molar-refractivity contribution < 1.29 is 14.7 Å². The third-order valence-electron chi connectivity index (χ3n) is 2.10. The highest BCUT2D eigenvalue weighted by Crippen LogP contribution is 2.18. The Labute approximate surface area is 113 Å². The van der Waals surface area contributed by atoms with E-state index in [4.69, 9.17) is 10.8 Å². The number of nitrogens with two attached hydrogens (primary N) is 1. The fourth-order valence-corrected chi connectivity index (χ4v) is 2.29. The zero-order chi connectivity index (χ0) is 14.2. The van der Waals surface area contributed by atoms with E-state index >= 15 is 0 Å². The number of carbonyl (C=O) groups excluding carboxylic acids is 1. The molecule has 1 atom stereocenters. The zero-order valence-corrected chi connectivity index (χ0v) is 12.2. The smallest absolute Gasteiger partial charge is 0.327 e. The van der Waals surface area contributed by atoms with E-state index in [9.17, 15) is 9.59 Å². The van der Waals surface area contributed by atoms with Crippen molar-refractivity contribution in [2.24, 2.45) is 11.1 Å². The minimum Gasteiger partial charge on any atom is -0.480 e. The molecule has 0 aliphatic rings. The van der Waals surface area contributed by atoms with Crippen LogP contribution in [0.25, 0.3) is 0 Å². The van der Waals surface area contributed by atoms with Crippen molar-refractivity contribution >= 4 is 23.6 Å². The van der Waals surface area contributed by atoms with Crippen LogP contribution in [0.15, 0.2) is 0 Å². The van der Waals surface area contributed by atoms with Gasteiger partial charge in [-0.05, 0) is 24.1 Å². The van der Waals surface area contributed by atoms with Gasteiger partial charge in [0.1, 0.15) is 6.04 Å². The number of carboxylic acids is 1. The van der Waals surface area contributed by atoms with Crippen molar-refractivity contribution in [2.45, 2.75) is 39.7 Å². The number of aliphatic carboxylic acids is 1. The van der Waals surface area contributed by atoms with Crippen molar-refractivity contribution in [3.05, 3.63) is 0 Å². The maximum Gasteiger partial charge on any atom is 0.327 e. The SMILES string of the molecule is CC(C)(C)CC(=O)N[C@@H](CSCCCN)C(=O)O. The highest BCUT2D eigenvalue weighted by Gasteiger charge is 2.22. The fraction of sp³-hybridized carbons (Fsp3) is 0.833. The Morgan fingerprint density at radius 2 is 2.00 bits per heavy atom. The van der Waals surface area contributed by atoms with E-state index in [-0.39, 0.29) is 11.3 Å². The monoisotopic (exact) mass is 276 g/mol. The molecule has 0 fully saturated rings. The van der Waals surface area contributed by atoms with Gasteiger partial charge in [-0.2, -0.15) is 11.8 Å². The molecule has 6 heteroatoms. The summed E-state index contributed by atoms with van der Waals surface area (Å²) >= 11 is 1.50. The maximum atomic E-state index is 11.7. The van der Waals surface area contributed by atoms with Crippen molar-refractivity contribution in [2.75, 3.05) is 18.1 Å². The van der Waals surface area contributed by atoms with Crippen molar-refractivity contribution in [1.29, 1.82) is 0 Å². The van der Waals surface area contributed by atoms with E-state index in [1.54, 1.807) is 0 Å². The summed E-state index contributed by atoms with van der Waals surface area (Å²) in [6.45, 7) is 6.43. The number of hydrogen-bond donors (Lipinski definition) is 3. The predicted octanol–water partition coefficient (Wildman–Crippen LogP) is 1.07. The predicted molar refractivity (Wildman–Crippen MR) is 74.6 cm³/mol. The first kappa shape index (κ1) is 17.2. The molecule has 0 aromatic carbocycles. The summed E-state index contributed by atoms with van der Waals surface area (Å²) in [5, 5.41) is 11.6. The molecule has 1 amide bonds. The van der Waals surface area contributed by atoms with Gasteiger partial charge in [0.2, 0.25) is 5.91 Å². The summed E-state index contributed by atoms with van der Waals surface area (Å²) < 4.78 is 0. The number of amides is 1. The Balaban J connectivity index is 4.11. The molecular formula is C12H24N2O3S. The highest BCUT2D eigenvalue weighted by atomic mass is 32.2. The standard InChI is InChI=1S/C12H24N2O3S/c1-12(2,3)7-10(15)14-9(11(16)17)8-18-6-4-5-13/h9H,4-8,13H2,1-3H3,(H,14,15)(H,16,17)/t9-/m0/s1. The molecule has 4 N–H and O–H groups in total. The van der Waals surface area contributed by atoms with E-state index in [1.165, 1.54) is 11.8 Å². The minimum absolute atomic E-state index is 0.139. The number of hydrogen-bond acceptors (Lipinski definition) is 4. The molecule has 0 aliphatic carbocycles. The number of rotatable bonds is 8. The third-order valence-corrected chi connectivity index (χ3v) is 3.25. The highest BCUT2D eigenvalue weighted by molar-refractivity contribution is 7.99. The van der Waals surface area contributed by atoms with Crippen LogP contribution in [0.2, 0.25) is 0 Å². The Kier molecular flexibility index (Phi) is 8.02. The second-order valence-corrected chi connectivity index (χ2v) is 6.56. The molecule has 5 nitrogen and oxygen atoms in total. The van der Waals surface area contributed by atoms with Crippen LogP contribution in [-0.2, 0) is 9.59 Å². The van der Waals surface area contributed by atoms with Gasteiger partial charge >= 0.3 is 5.97 Å². The van der Waals surface area contributed by atoms with Gasteiger partial charge in [0.05, 0.1) is 0 Å². The average molecular weight is 276 g/mol. The van der Waals surface area contributed by atoms with Crippen LogP contribution < -0.4 is 11.1 Å². The molecule has 0 bridgehead atoms. The molecule has 0 aromatic rings. The molecule has 0 heterocycles. The van der Waals surface area contributed by atoms with Crippen molar-refractivity contribution in [3.8, 4) is 0 Å². The van der Waals surface area contributed by atoms with E-state index in [2.05, 4.69) is 5.32 Å². The molecule has 0 radical (unpaired) electrons. The van der Waals surface area contributed by atoms with Gasteiger partial charge in [0.15, 0.2) is 0 Å². The molecule has 0 aromatic heterocycles. The molecule has 0 saturated carbocycles. The van der Waals surface area contributed by atoms with Crippen LogP contribution >= 0.6 is 11.8 Å². The first-order valence-corrected chi connectivity index (χ1v) is 7.21. The van der Waals surface area contributed by atoms with Gasteiger partial charge in [-0.25, -0.2) is 4.79 Å². The van der Waals surface area contributed by atoms with E-state index < -0.39 is 12.0 Å². The van der Waals surface area contributed by atoms with E-state index in [0.717, 1.165) is 12.2 Å². The lowest BCUT2D eigenvalue weighted by Crippen LogP contribution is -2.43. The molecule has 0 rings (SSSR count). The summed E-state index contributed by atoms with van der Waals surface area (Å²) in [6.07, 6.45) is 1.18. The van der Waals surface area contributed by atoms with Crippen LogP contribution in [-0.4, -0.2) is 41.1 Å². The lowest BCUT2D eigenvalue weighted by molar-refractivity contribution is -0.141. The van der Waals surface area contributed by atoms with Gasteiger partial charge in [-0.3, -0.25) is 4.79 Å².